The molecule has 2 aromatic rings. The molecule has 2 rings (SSSR count). The topological polar surface area (TPSA) is 66.9 Å². The molecule has 0 saturated carbocycles. The molecule has 2 aromatic heterocycles. The predicted molar refractivity (Wildman–Crippen MR) is 79.6 cm³/mol. The Morgan fingerprint density at radius 1 is 1.09 bits per heavy atom. The Labute approximate surface area is 142 Å². The summed E-state index contributed by atoms with van der Waals surface area (Å²) in [6.07, 6.45) is -2.74. The summed E-state index contributed by atoms with van der Waals surface area (Å²) in [4.78, 5) is 19.1. The van der Waals surface area contributed by atoms with E-state index in [1.807, 2.05) is 0 Å². The average molecular weight is 386 g/mol. The zero-order chi connectivity index (χ0) is 17.2. The first-order valence-electron chi connectivity index (χ1n) is 5.78. The van der Waals surface area contributed by atoms with E-state index >= 15 is 0 Å². The SMILES string of the molecule is O=C(NNc1ncc(C(F)(F)F)cc1Cl)c1cc(Cl)cnc1Cl. The molecule has 0 radical (unpaired) electrons. The van der Waals surface area contributed by atoms with Crippen molar-refractivity contribution in [3.8, 4) is 0 Å². The van der Waals surface area contributed by atoms with Crippen LogP contribution in [0.1, 0.15) is 15.9 Å². The number of aromatic nitrogens is 2. The van der Waals surface area contributed by atoms with Crippen molar-refractivity contribution in [3.05, 3.63) is 50.9 Å². The number of anilines is 1. The van der Waals surface area contributed by atoms with Crippen LogP contribution in [0.3, 0.4) is 0 Å². The molecule has 2 heterocycles. The van der Waals surface area contributed by atoms with Gasteiger partial charge in [0.2, 0.25) is 0 Å². The normalized spacial score (nSPS) is 11.2. The van der Waals surface area contributed by atoms with Crippen LogP contribution in [0.25, 0.3) is 0 Å². The van der Waals surface area contributed by atoms with E-state index in [9.17, 15) is 18.0 Å². The van der Waals surface area contributed by atoms with Gasteiger partial charge in [0, 0.05) is 12.4 Å². The maximum absolute atomic E-state index is 12.5. The number of alkyl halides is 3. The minimum absolute atomic E-state index is 0.0327. The van der Waals surface area contributed by atoms with E-state index in [2.05, 4.69) is 20.8 Å². The third-order valence-corrected chi connectivity index (χ3v) is 3.31. The number of rotatable bonds is 3. The van der Waals surface area contributed by atoms with Gasteiger partial charge in [-0.3, -0.25) is 15.6 Å². The smallest absolute Gasteiger partial charge is 0.280 e. The first-order valence-corrected chi connectivity index (χ1v) is 6.92. The summed E-state index contributed by atoms with van der Waals surface area (Å²) in [5, 5.41) is -0.235. The molecule has 1 amide bonds. The summed E-state index contributed by atoms with van der Waals surface area (Å²) >= 11 is 17.1. The number of carbonyl (C=O) groups is 1. The van der Waals surface area contributed by atoms with E-state index < -0.39 is 17.6 Å². The number of hydrogen-bond donors (Lipinski definition) is 2. The van der Waals surface area contributed by atoms with E-state index in [1.165, 1.54) is 12.3 Å². The van der Waals surface area contributed by atoms with E-state index in [0.29, 0.717) is 12.3 Å². The average Bonchev–Trinajstić information content (AvgIpc) is 2.47. The Kier molecular flexibility index (Phi) is 5.18. The van der Waals surface area contributed by atoms with Crippen molar-refractivity contribution in [1.82, 2.24) is 15.4 Å². The molecule has 0 aliphatic rings. The molecule has 0 bridgehead atoms. The zero-order valence-electron chi connectivity index (χ0n) is 10.9. The molecule has 122 valence electrons. The number of carbonyl (C=O) groups excluding carboxylic acids is 1. The van der Waals surface area contributed by atoms with Crippen LogP contribution < -0.4 is 10.9 Å². The quantitative estimate of drug-likeness (QED) is 0.613. The van der Waals surface area contributed by atoms with Gasteiger partial charge in [-0.25, -0.2) is 9.97 Å². The summed E-state index contributed by atoms with van der Waals surface area (Å²) in [6, 6.07) is 1.95. The molecular weight excluding hydrogens is 380 g/mol. The Hall–Kier alpha value is -1.77. The van der Waals surface area contributed by atoms with Crippen LogP contribution in [0, 0.1) is 0 Å². The lowest BCUT2D eigenvalue weighted by atomic mass is 10.2. The van der Waals surface area contributed by atoms with Crippen molar-refractivity contribution in [2.45, 2.75) is 6.18 Å². The highest BCUT2D eigenvalue weighted by Gasteiger charge is 2.31. The van der Waals surface area contributed by atoms with Gasteiger partial charge in [0.15, 0.2) is 5.82 Å². The van der Waals surface area contributed by atoms with Gasteiger partial charge in [-0.1, -0.05) is 34.8 Å². The molecule has 5 nitrogen and oxygen atoms in total. The maximum Gasteiger partial charge on any atom is 0.417 e. The van der Waals surface area contributed by atoms with Crippen molar-refractivity contribution in [1.29, 1.82) is 0 Å². The first-order chi connectivity index (χ1) is 10.7. The molecule has 0 saturated heterocycles. The van der Waals surface area contributed by atoms with Crippen LogP contribution in [-0.4, -0.2) is 15.9 Å². The number of nitrogens with zero attached hydrogens (tertiary/aromatic N) is 2. The monoisotopic (exact) mass is 384 g/mol. The lowest BCUT2D eigenvalue weighted by Gasteiger charge is -2.12. The van der Waals surface area contributed by atoms with Gasteiger partial charge < -0.3 is 0 Å². The first kappa shape index (κ1) is 17.6. The number of halogens is 6. The number of hydrogen-bond acceptors (Lipinski definition) is 4. The van der Waals surface area contributed by atoms with Crippen molar-refractivity contribution in [2.75, 3.05) is 5.43 Å². The van der Waals surface area contributed by atoms with Gasteiger partial charge in [-0.15, -0.1) is 0 Å². The molecule has 23 heavy (non-hydrogen) atoms. The molecule has 11 heteroatoms. The van der Waals surface area contributed by atoms with Gasteiger partial charge >= 0.3 is 6.18 Å². The molecule has 0 aliphatic heterocycles. The second-order valence-electron chi connectivity index (χ2n) is 4.12. The third-order valence-electron chi connectivity index (χ3n) is 2.51. The van der Waals surface area contributed by atoms with Crippen LogP contribution in [0.4, 0.5) is 19.0 Å². The molecular formula is C12H6Cl3F3N4O. The second kappa shape index (κ2) is 6.77. The van der Waals surface area contributed by atoms with Crippen molar-refractivity contribution < 1.29 is 18.0 Å². The van der Waals surface area contributed by atoms with Gasteiger partial charge in [0.05, 0.1) is 21.2 Å². The van der Waals surface area contributed by atoms with E-state index in [-0.39, 0.29) is 26.6 Å². The van der Waals surface area contributed by atoms with Crippen molar-refractivity contribution in [2.24, 2.45) is 0 Å². The maximum atomic E-state index is 12.5. The van der Waals surface area contributed by atoms with E-state index in [0.717, 1.165) is 0 Å². The molecule has 0 fully saturated rings. The summed E-state index contributed by atoms with van der Waals surface area (Å²) in [5.41, 5.74) is 3.43. The summed E-state index contributed by atoms with van der Waals surface area (Å²) < 4.78 is 37.5. The second-order valence-corrected chi connectivity index (χ2v) is 5.32. The summed E-state index contributed by atoms with van der Waals surface area (Å²) in [5.74, 6) is -0.887. The van der Waals surface area contributed by atoms with Gasteiger partial charge in [-0.2, -0.15) is 13.2 Å². The molecule has 0 spiro atoms. The highest BCUT2D eigenvalue weighted by Crippen LogP contribution is 2.32. The van der Waals surface area contributed by atoms with Crippen LogP contribution >= 0.6 is 34.8 Å². The number of pyridine rings is 2. The molecule has 2 N–H and O–H groups in total. The van der Waals surface area contributed by atoms with Gasteiger partial charge in [-0.05, 0) is 12.1 Å². The minimum atomic E-state index is -4.57. The Bertz CT molecular complexity index is 755. The molecule has 0 unspecified atom stereocenters. The highest BCUT2D eigenvalue weighted by atomic mass is 35.5. The van der Waals surface area contributed by atoms with E-state index in [1.54, 1.807) is 0 Å². The minimum Gasteiger partial charge on any atom is -0.280 e. The zero-order valence-corrected chi connectivity index (χ0v) is 13.1. The standard InChI is InChI=1S/C12H6Cl3F3N4O/c13-6-2-7(9(15)19-4-6)11(23)22-21-10-8(14)1-5(3-20-10)12(16,17)18/h1-4H,(H,20,21)(H,22,23). The molecule has 0 aliphatic carbocycles. The van der Waals surface area contributed by atoms with Crippen LogP contribution in [0.2, 0.25) is 15.2 Å². The molecule has 0 aromatic carbocycles. The number of nitrogens with one attached hydrogen (secondary N) is 2. The number of hydrazine groups is 1. The third kappa shape index (κ3) is 4.37. The number of amides is 1. The Morgan fingerprint density at radius 2 is 1.78 bits per heavy atom. The van der Waals surface area contributed by atoms with Crippen molar-refractivity contribution in [3.63, 3.8) is 0 Å². The fourth-order valence-corrected chi connectivity index (χ4v) is 2.01. The molecule has 0 atom stereocenters. The van der Waals surface area contributed by atoms with Gasteiger partial charge in [0.25, 0.3) is 5.91 Å². The van der Waals surface area contributed by atoms with Crippen LogP contribution in [0.15, 0.2) is 24.5 Å². The van der Waals surface area contributed by atoms with E-state index in [4.69, 9.17) is 34.8 Å². The fraction of sp³-hybridized carbons (Fsp3) is 0.0833. The Morgan fingerprint density at radius 3 is 2.39 bits per heavy atom. The summed E-state index contributed by atoms with van der Waals surface area (Å²) in [6.45, 7) is 0. The Balaban J connectivity index is 2.12. The van der Waals surface area contributed by atoms with Crippen LogP contribution in [0.5, 0.6) is 0 Å². The van der Waals surface area contributed by atoms with Gasteiger partial charge in [0.1, 0.15) is 5.15 Å². The summed E-state index contributed by atoms with van der Waals surface area (Å²) in [7, 11) is 0. The van der Waals surface area contributed by atoms with Crippen LogP contribution in [-0.2, 0) is 6.18 Å². The highest BCUT2D eigenvalue weighted by molar-refractivity contribution is 6.34. The van der Waals surface area contributed by atoms with Crippen molar-refractivity contribution >= 4 is 46.5 Å². The lowest BCUT2D eigenvalue weighted by molar-refractivity contribution is -0.137. The largest absolute Gasteiger partial charge is 0.417 e. The fourth-order valence-electron chi connectivity index (χ4n) is 1.45. The lowest BCUT2D eigenvalue weighted by Crippen LogP contribution is -2.30. The predicted octanol–water partition coefficient (Wildman–Crippen LogP) is 4.21.